The quantitative estimate of drug-likeness (QED) is 0.329. The van der Waals surface area contributed by atoms with Gasteiger partial charge < -0.3 is 25.6 Å². The largest absolute Gasteiger partial charge is 0.378 e. The summed E-state index contributed by atoms with van der Waals surface area (Å²) in [6.45, 7) is 4.92. The summed E-state index contributed by atoms with van der Waals surface area (Å²) in [4.78, 5) is 52.9. The maximum Gasteiger partial charge on any atom is 0.349 e. The van der Waals surface area contributed by atoms with Crippen molar-refractivity contribution in [2.75, 3.05) is 31.6 Å². The van der Waals surface area contributed by atoms with Crippen LogP contribution in [0, 0.1) is 23.1 Å². The fourth-order valence-electron chi connectivity index (χ4n) is 6.02. The highest BCUT2D eigenvalue weighted by atomic mass is 19.3. The molecule has 2 unspecified atom stereocenters. The van der Waals surface area contributed by atoms with Crippen molar-refractivity contribution in [3.8, 4) is 6.07 Å². The molecule has 4 amide bonds. The molecule has 4 rings (SSSR count). The average molecular weight is 656 g/mol. The maximum atomic E-state index is 15.3. The Labute approximate surface area is 272 Å². The zero-order valence-corrected chi connectivity index (χ0v) is 26.5. The van der Waals surface area contributed by atoms with E-state index < -0.39 is 53.0 Å². The molecule has 2 fully saturated rings. The SMILES string of the molecule is CCC(=O)N[C@@H](C(=O)N1CCOCC1)[C@@H](C)c1ccc(NC(=O)CC2CCCCC2NC(=O)C(F)(F)c2cccc(C#N)c2)c(F)c1. The monoisotopic (exact) mass is 655 g/mol. The number of rotatable bonds is 11. The minimum atomic E-state index is -3.88. The van der Waals surface area contributed by atoms with Gasteiger partial charge in [-0.25, -0.2) is 4.39 Å². The van der Waals surface area contributed by atoms with Crippen LogP contribution in [0.15, 0.2) is 42.5 Å². The molecule has 0 spiro atoms. The lowest BCUT2D eigenvalue weighted by Crippen LogP contribution is -2.53. The number of hydrogen-bond donors (Lipinski definition) is 3. The van der Waals surface area contributed by atoms with E-state index in [0.717, 1.165) is 18.6 Å². The third kappa shape index (κ3) is 8.88. The molecule has 2 aromatic rings. The molecule has 2 aliphatic rings. The molecule has 1 saturated carbocycles. The first-order valence-corrected chi connectivity index (χ1v) is 15.9. The second-order valence-electron chi connectivity index (χ2n) is 12.0. The summed E-state index contributed by atoms with van der Waals surface area (Å²) < 4.78 is 50.7. The first-order chi connectivity index (χ1) is 22.4. The lowest BCUT2D eigenvalue weighted by atomic mass is 9.82. The van der Waals surface area contributed by atoms with Crippen LogP contribution in [0.2, 0.25) is 0 Å². The summed E-state index contributed by atoms with van der Waals surface area (Å²) in [6, 6.07) is 9.02. The number of carbonyl (C=O) groups excluding carboxylic acids is 4. The van der Waals surface area contributed by atoms with Crippen LogP contribution in [0.5, 0.6) is 0 Å². The smallest absolute Gasteiger partial charge is 0.349 e. The lowest BCUT2D eigenvalue weighted by Gasteiger charge is -2.33. The van der Waals surface area contributed by atoms with E-state index in [0.29, 0.717) is 51.1 Å². The second kappa shape index (κ2) is 15.9. The van der Waals surface area contributed by atoms with E-state index in [9.17, 15) is 19.2 Å². The van der Waals surface area contributed by atoms with E-state index in [-0.39, 0.29) is 35.9 Å². The Morgan fingerprint density at radius 3 is 2.47 bits per heavy atom. The summed E-state index contributed by atoms with van der Waals surface area (Å²) in [5.74, 6) is -8.33. The summed E-state index contributed by atoms with van der Waals surface area (Å²) in [5, 5.41) is 16.8. The number of hydrogen-bond acceptors (Lipinski definition) is 6. The summed E-state index contributed by atoms with van der Waals surface area (Å²) in [6.07, 6.45) is 2.37. The topological polar surface area (TPSA) is 141 Å². The van der Waals surface area contributed by atoms with Crippen molar-refractivity contribution < 1.29 is 37.1 Å². The van der Waals surface area contributed by atoms with E-state index in [4.69, 9.17) is 10.00 Å². The molecule has 1 saturated heterocycles. The van der Waals surface area contributed by atoms with Crippen LogP contribution in [-0.4, -0.2) is 66.9 Å². The molecule has 1 heterocycles. The van der Waals surface area contributed by atoms with Gasteiger partial charge in [0.2, 0.25) is 17.7 Å². The number of morpholine rings is 1. The molecular formula is C34H40F3N5O5. The van der Waals surface area contributed by atoms with Gasteiger partial charge in [0, 0.05) is 43.5 Å². The van der Waals surface area contributed by atoms with Crippen molar-refractivity contribution in [2.24, 2.45) is 5.92 Å². The van der Waals surface area contributed by atoms with Crippen LogP contribution >= 0.6 is 0 Å². The standard InChI is InChI=1S/C34H40F3N5O5/c1-3-29(43)41-31(32(45)42-13-15-47-16-14-42)21(2)23-11-12-28(26(35)18-23)39-30(44)19-24-8-4-5-10-27(24)40-33(46)34(36,37)25-9-6-7-22(17-25)20-38/h6-7,9,11-12,17-18,21,24,27,31H,3-5,8,10,13-16,19H2,1-2H3,(H,39,44)(H,40,46)(H,41,43)/t21-,24?,27?,31+/m0/s1. The minimum Gasteiger partial charge on any atom is -0.378 e. The summed E-state index contributed by atoms with van der Waals surface area (Å²) >= 11 is 0. The number of nitriles is 1. The fourth-order valence-corrected chi connectivity index (χ4v) is 6.02. The van der Waals surface area contributed by atoms with E-state index in [1.807, 2.05) is 0 Å². The second-order valence-corrected chi connectivity index (χ2v) is 12.0. The van der Waals surface area contributed by atoms with E-state index in [1.54, 1.807) is 30.9 Å². The molecule has 252 valence electrons. The Hall–Kier alpha value is -4.44. The van der Waals surface area contributed by atoms with Gasteiger partial charge in [-0.3, -0.25) is 19.2 Å². The van der Waals surface area contributed by atoms with Crippen LogP contribution in [0.3, 0.4) is 0 Å². The van der Waals surface area contributed by atoms with Gasteiger partial charge in [-0.1, -0.05) is 44.9 Å². The van der Waals surface area contributed by atoms with Crippen molar-refractivity contribution in [3.63, 3.8) is 0 Å². The number of nitrogens with one attached hydrogen (secondary N) is 3. The highest BCUT2D eigenvalue weighted by Gasteiger charge is 2.43. The zero-order valence-electron chi connectivity index (χ0n) is 26.5. The fraction of sp³-hybridized carbons (Fsp3) is 0.500. The predicted octanol–water partition coefficient (Wildman–Crippen LogP) is 4.35. The third-order valence-corrected chi connectivity index (χ3v) is 8.83. The molecule has 0 radical (unpaired) electrons. The average Bonchev–Trinajstić information content (AvgIpc) is 3.08. The molecule has 13 heteroatoms. The van der Waals surface area contributed by atoms with Crippen LogP contribution in [-0.2, 0) is 29.8 Å². The third-order valence-electron chi connectivity index (χ3n) is 8.83. The van der Waals surface area contributed by atoms with Gasteiger partial charge in [0.1, 0.15) is 11.9 Å². The first-order valence-electron chi connectivity index (χ1n) is 15.9. The van der Waals surface area contributed by atoms with Gasteiger partial charge in [-0.2, -0.15) is 14.0 Å². The molecule has 47 heavy (non-hydrogen) atoms. The van der Waals surface area contributed by atoms with Gasteiger partial charge in [-0.15, -0.1) is 0 Å². The van der Waals surface area contributed by atoms with E-state index >= 15 is 13.2 Å². The molecule has 3 N–H and O–H groups in total. The normalized spacial score (nSPS) is 19.5. The van der Waals surface area contributed by atoms with Crippen molar-refractivity contribution in [1.29, 1.82) is 5.26 Å². The van der Waals surface area contributed by atoms with Crippen molar-refractivity contribution in [2.45, 2.75) is 76.3 Å². The summed E-state index contributed by atoms with van der Waals surface area (Å²) in [7, 11) is 0. The number of anilines is 1. The van der Waals surface area contributed by atoms with Crippen LogP contribution in [0.1, 0.15) is 75.0 Å². The van der Waals surface area contributed by atoms with Gasteiger partial charge in [0.05, 0.1) is 30.5 Å². The Kier molecular flexibility index (Phi) is 12.0. The number of nitrogens with zero attached hydrogens (tertiary/aromatic N) is 2. The van der Waals surface area contributed by atoms with Crippen LogP contribution in [0.4, 0.5) is 18.9 Å². The molecule has 0 bridgehead atoms. The number of halogens is 3. The number of benzene rings is 2. The van der Waals surface area contributed by atoms with E-state index in [2.05, 4.69) is 16.0 Å². The Balaban J connectivity index is 1.41. The Morgan fingerprint density at radius 1 is 1.06 bits per heavy atom. The highest BCUT2D eigenvalue weighted by Crippen LogP contribution is 2.33. The van der Waals surface area contributed by atoms with Crippen molar-refractivity contribution in [3.05, 3.63) is 65.0 Å². The first kappa shape index (κ1) is 35.4. The lowest BCUT2D eigenvalue weighted by molar-refractivity contribution is -0.148. The van der Waals surface area contributed by atoms with Gasteiger partial charge in [0.25, 0.3) is 5.91 Å². The predicted molar refractivity (Wildman–Crippen MR) is 167 cm³/mol. The van der Waals surface area contributed by atoms with Crippen molar-refractivity contribution >= 4 is 29.3 Å². The Bertz CT molecular complexity index is 1510. The molecule has 4 atom stereocenters. The number of alkyl halides is 2. The van der Waals surface area contributed by atoms with E-state index in [1.165, 1.54) is 24.3 Å². The molecule has 1 aliphatic carbocycles. The molecular weight excluding hydrogens is 615 g/mol. The maximum absolute atomic E-state index is 15.3. The van der Waals surface area contributed by atoms with Gasteiger partial charge in [-0.05, 0) is 48.6 Å². The zero-order chi connectivity index (χ0) is 34.1. The molecule has 1 aliphatic heterocycles. The molecule has 10 nitrogen and oxygen atoms in total. The number of carbonyl (C=O) groups is 4. The van der Waals surface area contributed by atoms with Gasteiger partial charge >= 0.3 is 5.92 Å². The minimum absolute atomic E-state index is 0.00136. The van der Waals surface area contributed by atoms with Crippen molar-refractivity contribution in [1.82, 2.24) is 15.5 Å². The molecule has 2 aromatic carbocycles. The highest BCUT2D eigenvalue weighted by molar-refractivity contribution is 5.91. The number of ether oxygens (including phenoxy) is 1. The van der Waals surface area contributed by atoms with Crippen LogP contribution in [0.25, 0.3) is 0 Å². The Morgan fingerprint density at radius 2 is 1.79 bits per heavy atom. The van der Waals surface area contributed by atoms with Crippen LogP contribution < -0.4 is 16.0 Å². The summed E-state index contributed by atoms with van der Waals surface area (Å²) in [5.41, 5.74) is -0.252. The molecule has 0 aromatic heterocycles. The van der Waals surface area contributed by atoms with Gasteiger partial charge in [0.15, 0.2) is 0 Å². The number of amides is 4.